The Kier molecular flexibility index (Phi) is 11.1. The Balaban J connectivity index is 0.00000240. The Morgan fingerprint density at radius 3 is 2.39 bits per heavy atom. The second-order valence-electron chi connectivity index (χ2n) is 8.05. The molecular weight excluding hydrogens is 477 g/mol. The maximum atomic E-state index is 11.4. The zero-order valence-electron chi connectivity index (χ0n) is 17.6. The number of benzene rings is 2. The van der Waals surface area contributed by atoms with Gasteiger partial charge < -0.3 is 11.1 Å². The molecule has 0 saturated heterocycles. The molecule has 2 aromatic carbocycles. The van der Waals surface area contributed by atoms with Gasteiger partial charge in [0, 0.05) is 28.7 Å². The lowest BCUT2D eigenvalue weighted by Crippen LogP contribution is -2.44. The number of halogens is 3. The quantitative estimate of drug-likeness (QED) is 0.489. The summed E-state index contributed by atoms with van der Waals surface area (Å²) >= 11 is 6.19. The van der Waals surface area contributed by atoms with Gasteiger partial charge in [-0.1, -0.05) is 35.9 Å². The standard InChI is InChI=1S/C22H30ClN3O2S.2ClH/c1-29(27,28)26-21-7-2-4-17(14-21)10-13-25-20-8-11-22(16-24,12-9-20)18-5-3-6-19(23)15-18;;/h2-7,14-15,20,25-26H,8-13,16,24H2,1H3;2*1H. The fraction of sp³-hybridized carbons (Fsp3) is 0.455. The molecule has 0 atom stereocenters. The average molecular weight is 509 g/mol. The molecule has 2 aromatic rings. The molecule has 4 N–H and O–H groups in total. The van der Waals surface area contributed by atoms with Gasteiger partial charge in [-0.05, 0) is 74.0 Å². The molecule has 0 bridgehead atoms. The average Bonchev–Trinajstić information content (AvgIpc) is 2.68. The Hall–Kier alpha value is -1.02. The normalized spacial score (nSPS) is 20.9. The van der Waals surface area contributed by atoms with Crippen molar-refractivity contribution in [3.05, 3.63) is 64.7 Å². The number of nitrogens with one attached hydrogen (secondary N) is 2. The van der Waals surface area contributed by atoms with Crippen LogP contribution in [-0.2, 0) is 21.9 Å². The van der Waals surface area contributed by atoms with Crippen molar-refractivity contribution in [3.63, 3.8) is 0 Å². The van der Waals surface area contributed by atoms with Crippen LogP contribution in [0.1, 0.15) is 36.8 Å². The van der Waals surface area contributed by atoms with E-state index in [1.807, 2.05) is 30.3 Å². The minimum Gasteiger partial charge on any atom is -0.330 e. The summed E-state index contributed by atoms with van der Waals surface area (Å²) in [4.78, 5) is 0. The van der Waals surface area contributed by atoms with Crippen molar-refractivity contribution in [2.24, 2.45) is 5.73 Å². The van der Waals surface area contributed by atoms with Crippen molar-refractivity contribution in [2.75, 3.05) is 24.1 Å². The number of rotatable bonds is 8. The summed E-state index contributed by atoms with van der Waals surface area (Å²) in [6, 6.07) is 16.1. The Morgan fingerprint density at radius 1 is 1.10 bits per heavy atom. The summed E-state index contributed by atoms with van der Waals surface area (Å²) in [6.07, 6.45) is 6.28. The van der Waals surface area contributed by atoms with Crippen molar-refractivity contribution < 1.29 is 8.42 Å². The van der Waals surface area contributed by atoms with E-state index in [4.69, 9.17) is 17.3 Å². The summed E-state index contributed by atoms with van der Waals surface area (Å²) in [5.41, 5.74) is 9.18. The first-order valence-electron chi connectivity index (χ1n) is 10.1. The van der Waals surface area contributed by atoms with Crippen LogP contribution in [0, 0.1) is 0 Å². The van der Waals surface area contributed by atoms with E-state index in [1.54, 1.807) is 6.07 Å². The van der Waals surface area contributed by atoms with E-state index in [0.29, 0.717) is 18.3 Å². The van der Waals surface area contributed by atoms with Crippen LogP contribution in [-0.4, -0.2) is 33.8 Å². The molecule has 0 heterocycles. The first-order valence-corrected chi connectivity index (χ1v) is 12.3. The lowest BCUT2D eigenvalue weighted by atomic mass is 9.68. The van der Waals surface area contributed by atoms with Gasteiger partial charge in [0.25, 0.3) is 0 Å². The topological polar surface area (TPSA) is 84.2 Å². The van der Waals surface area contributed by atoms with Crippen molar-refractivity contribution in [2.45, 2.75) is 43.6 Å². The van der Waals surface area contributed by atoms with E-state index in [-0.39, 0.29) is 30.2 Å². The third-order valence-corrected chi connectivity index (χ3v) is 6.69. The molecule has 174 valence electrons. The summed E-state index contributed by atoms with van der Waals surface area (Å²) in [6.45, 7) is 1.50. The maximum absolute atomic E-state index is 11.4. The predicted octanol–water partition coefficient (Wildman–Crippen LogP) is 4.53. The minimum atomic E-state index is -3.25. The van der Waals surface area contributed by atoms with Gasteiger partial charge in [0.2, 0.25) is 10.0 Å². The number of sulfonamides is 1. The molecule has 1 saturated carbocycles. The van der Waals surface area contributed by atoms with E-state index in [0.717, 1.165) is 55.5 Å². The fourth-order valence-electron chi connectivity index (χ4n) is 4.23. The molecule has 0 amide bonds. The van der Waals surface area contributed by atoms with Crippen molar-refractivity contribution in [1.29, 1.82) is 0 Å². The van der Waals surface area contributed by atoms with Crippen LogP contribution in [0.2, 0.25) is 5.02 Å². The second-order valence-corrected chi connectivity index (χ2v) is 10.2. The van der Waals surface area contributed by atoms with Crippen LogP contribution in [0.3, 0.4) is 0 Å². The fourth-order valence-corrected chi connectivity index (χ4v) is 4.97. The molecule has 0 unspecified atom stereocenters. The van der Waals surface area contributed by atoms with Gasteiger partial charge in [0.15, 0.2) is 0 Å². The first-order chi connectivity index (χ1) is 13.8. The molecular formula is C22H32Cl3N3O2S. The highest BCUT2D eigenvalue weighted by molar-refractivity contribution is 7.92. The molecule has 31 heavy (non-hydrogen) atoms. The van der Waals surface area contributed by atoms with Gasteiger partial charge in [-0.25, -0.2) is 8.42 Å². The SMILES string of the molecule is CS(=O)(=O)Nc1cccc(CCNC2CCC(CN)(c3cccc(Cl)c3)CC2)c1.Cl.Cl. The highest BCUT2D eigenvalue weighted by Gasteiger charge is 2.35. The second kappa shape index (κ2) is 12.3. The van der Waals surface area contributed by atoms with Gasteiger partial charge in [-0.2, -0.15) is 0 Å². The van der Waals surface area contributed by atoms with Crippen molar-refractivity contribution in [3.8, 4) is 0 Å². The monoisotopic (exact) mass is 507 g/mol. The zero-order valence-corrected chi connectivity index (χ0v) is 20.8. The van der Waals surface area contributed by atoms with Crippen LogP contribution < -0.4 is 15.8 Å². The predicted molar refractivity (Wildman–Crippen MR) is 136 cm³/mol. The number of nitrogens with two attached hydrogens (primary N) is 1. The molecule has 1 aliphatic rings. The number of anilines is 1. The molecule has 0 radical (unpaired) electrons. The zero-order chi connectivity index (χ0) is 20.9. The summed E-state index contributed by atoms with van der Waals surface area (Å²) in [7, 11) is -3.25. The van der Waals surface area contributed by atoms with E-state index in [1.165, 1.54) is 5.56 Å². The Labute approximate surface area is 203 Å². The molecule has 0 aliphatic heterocycles. The molecule has 3 rings (SSSR count). The van der Waals surface area contributed by atoms with Crippen LogP contribution in [0.4, 0.5) is 5.69 Å². The molecule has 0 spiro atoms. The van der Waals surface area contributed by atoms with Crippen molar-refractivity contribution >= 4 is 52.1 Å². The largest absolute Gasteiger partial charge is 0.330 e. The molecule has 1 aliphatic carbocycles. The van der Waals surface area contributed by atoms with Crippen LogP contribution in [0.25, 0.3) is 0 Å². The van der Waals surface area contributed by atoms with Crippen molar-refractivity contribution in [1.82, 2.24) is 5.32 Å². The highest BCUT2D eigenvalue weighted by Crippen LogP contribution is 2.39. The smallest absolute Gasteiger partial charge is 0.229 e. The van der Waals surface area contributed by atoms with Crippen LogP contribution in [0.15, 0.2) is 48.5 Å². The van der Waals surface area contributed by atoms with E-state index in [2.05, 4.69) is 22.2 Å². The number of hydrogen-bond donors (Lipinski definition) is 3. The van der Waals surface area contributed by atoms with Crippen LogP contribution in [0.5, 0.6) is 0 Å². The van der Waals surface area contributed by atoms with E-state index in [9.17, 15) is 8.42 Å². The van der Waals surface area contributed by atoms with Gasteiger partial charge in [-0.15, -0.1) is 24.8 Å². The summed E-state index contributed by atoms with van der Waals surface area (Å²) < 4.78 is 25.3. The van der Waals surface area contributed by atoms with Crippen LogP contribution >= 0.6 is 36.4 Å². The maximum Gasteiger partial charge on any atom is 0.229 e. The third kappa shape index (κ3) is 8.12. The molecule has 0 aromatic heterocycles. The molecule has 5 nitrogen and oxygen atoms in total. The highest BCUT2D eigenvalue weighted by atomic mass is 35.5. The molecule has 1 fully saturated rings. The van der Waals surface area contributed by atoms with Gasteiger partial charge in [0.1, 0.15) is 0 Å². The third-order valence-electron chi connectivity index (χ3n) is 5.85. The number of hydrogen-bond acceptors (Lipinski definition) is 4. The lowest BCUT2D eigenvalue weighted by molar-refractivity contribution is 0.252. The van der Waals surface area contributed by atoms with E-state index >= 15 is 0 Å². The van der Waals surface area contributed by atoms with Gasteiger partial charge >= 0.3 is 0 Å². The first kappa shape index (κ1) is 28.0. The molecule has 9 heteroatoms. The lowest BCUT2D eigenvalue weighted by Gasteiger charge is -2.40. The minimum absolute atomic E-state index is 0. The van der Waals surface area contributed by atoms with E-state index < -0.39 is 10.0 Å². The van der Waals surface area contributed by atoms with Gasteiger partial charge in [0.05, 0.1) is 6.26 Å². The van der Waals surface area contributed by atoms with Gasteiger partial charge in [-0.3, -0.25) is 4.72 Å². The summed E-state index contributed by atoms with van der Waals surface area (Å²) in [5, 5.41) is 4.42. The Bertz CT molecular complexity index is 933. The summed E-state index contributed by atoms with van der Waals surface area (Å²) in [5.74, 6) is 0. The Morgan fingerprint density at radius 2 is 1.77 bits per heavy atom.